The molecular formula is C6H12FNO. The van der Waals surface area contributed by atoms with E-state index in [0.29, 0.717) is 0 Å². The fraction of sp³-hybridized carbons (Fsp3) is 1.00. The lowest BCUT2D eigenvalue weighted by atomic mass is 10.1. The van der Waals surface area contributed by atoms with Crippen molar-refractivity contribution in [2.75, 3.05) is 20.2 Å². The van der Waals surface area contributed by atoms with Crippen molar-refractivity contribution < 1.29 is 9.13 Å². The number of ether oxygens (including phenoxy) is 1. The minimum absolute atomic E-state index is 0.0787. The lowest BCUT2D eigenvalue weighted by Crippen LogP contribution is -2.20. The number of methoxy groups -OCH3 is 1. The van der Waals surface area contributed by atoms with Gasteiger partial charge < -0.3 is 10.1 Å². The molecule has 0 aliphatic carbocycles. The largest absolute Gasteiger partial charge is 0.351 e. The second-order valence-electron chi connectivity index (χ2n) is 2.34. The molecule has 1 aliphatic rings. The van der Waals surface area contributed by atoms with Gasteiger partial charge in [-0.2, -0.15) is 0 Å². The molecule has 1 N–H and O–H groups in total. The van der Waals surface area contributed by atoms with Gasteiger partial charge >= 0.3 is 0 Å². The molecule has 1 heterocycles. The van der Waals surface area contributed by atoms with Gasteiger partial charge in [0.05, 0.1) is 0 Å². The van der Waals surface area contributed by atoms with E-state index in [9.17, 15) is 4.39 Å². The number of hydrogen-bond donors (Lipinski definition) is 1. The smallest absolute Gasteiger partial charge is 0.202 e. The van der Waals surface area contributed by atoms with E-state index < -0.39 is 6.36 Å². The van der Waals surface area contributed by atoms with E-state index in [1.165, 1.54) is 7.11 Å². The quantitative estimate of drug-likeness (QED) is 0.593. The van der Waals surface area contributed by atoms with E-state index >= 15 is 0 Å². The van der Waals surface area contributed by atoms with Crippen LogP contribution in [0, 0.1) is 5.92 Å². The topological polar surface area (TPSA) is 21.3 Å². The van der Waals surface area contributed by atoms with Gasteiger partial charge in [0.2, 0.25) is 6.36 Å². The maximum absolute atomic E-state index is 12.6. The molecule has 1 saturated heterocycles. The Kier molecular flexibility index (Phi) is 2.42. The van der Waals surface area contributed by atoms with Crippen molar-refractivity contribution in [3.05, 3.63) is 0 Å². The van der Waals surface area contributed by atoms with E-state index in [1.54, 1.807) is 0 Å². The minimum Gasteiger partial charge on any atom is -0.351 e. The summed E-state index contributed by atoms with van der Waals surface area (Å²) in [4.78, 5) is 0. The third kappa shape index (κ3) is 1.63. The number of alkyl halides is 1. The summed E-state index contributed by atoms with van der Waals surface area (Å²) in [7, 11) is 1.41. The summed E-state index contributed by atoms with van der Waals surface area (Å²) in [6.45, 7) is 1.68. The average molecular weight is 133 g/mol. The lowest BCUT2D eigenvalue weighted by molar-refractivity contribution is -0.0431. The van der Waals surface area contributed by atoms with E-state index in [2.05, 4.69) is 10.1 Å². The molecule has 0 radical (unpaired) electrons. The Morgan fingerprint density at radius 2 is 2.56 bits per heavy atom. The molecule has 0 aromatic rings. The van der Waals surface area contributed by atoms with Crippen molar-refractivity contribution in [2.45, 2.75) is 12.8 Å². The van der Waals surface area contributed by atoms with Crippen molar-refractivity contribution in [3.63, 3.8) is 0 Å². The van der Waals surface area contributed by atoms with Crippen LogP contribution < -0.4 is 5.32 Å². The average Bonchev–Trinajstić information content (AvgIpc) is 2.37. The fourth-order valence-electron chi connectivity index (χ4n) is 1.09. The molecule has 2 nitrogen and oxygen atoms in total. The van der Waals surface area contributed by atoms with Gasteiger partial charge in [0.1, 0.15) is 0 Å². The van der Waals surface area contributed by atoms with Crippen LogP contribution >= 0.6 is 0 Å². The van der Waals surface area contributed by atoms with Crippen LogP contribution in [0.5, 0.6) is 0 Å². The molecule has 1 aliphatic heterocycles. The summed E-state index contributed by atoms with van der Waals surface area (Å²) in [5, 5.41) is 3.07. The molecule has 1 fully saturated rings. The van der Waals surface area contributed by atoms with Gasteiger partial charge in [0, 0.05) is 19.6 Å². The maximum Gasteiger partial charge on any atom is 0.202 e. The third-order valence-corrected chi connectivity index (χ3v) is 1.69. The molecule has 2 atom stereocenters. The zero-order valence-corrected chi connectivity index (χ0v) is 5.56. The molecule has 0 spiro atoms. The van der Waals surface area contributed by atoms with E-state index in [1.807, 2.05) is 0 Å². The molecule has 0 amide bonds. The number of hydrogen-bond acceptors (Lipinski definition) is 2. The highest BCUT2D eigenvalue weighted by Crippen LogP contribution is 2.15. The van der Waals surface area contributed by atoms with Crippen LogP contribution in [0.1, 0.15) is 6.42 Å². The number of nitrogens with one attached hydrogen (secondary N) is 1. The van der Waals surface area contributed by atoms with E-state index in [-0.39, 0.29) is 5.92 Å². The second-order valence-corrected chi connectivity index (χ2v) is 2.34. The van der Waals surface area contributed by atoms with Gasteiger partial charge in [-0.1, -0.05) is 0 Å². The first kappa shape index (κ1) is 6.96. The van der Waals surface area contributed by atoms with Gasteiger partial charge in [0.25, 0.3) is 0 Å². The predicted molar refractivity (Wildman–Crippen MR) is 32.9 cm³/mol. The van der Waals surface area contributed by atoms with Crippen LogP contribution in [0.25, 0.3) is 0 Å². The first-order valence-electron chi connectivity index (χ1n) is 3.22. The van der Waals surface area contributed by atoms with Crippen LogP contribution in [-0.2, 0) is 4.74 Å². The van der Waals surface area contributed by atoms with Crippen molar-refractivity contribution in [3.8, 4) is 0 Å². The van der Waals surface area contributed by atoms with Crippen molar-refractivity contribution >= 4 is 0 Å². The Labute approximate surface area is 54.4 Å². The second kappa shape index (κ2) is 3.13. The molecule has 0 saturated carbocycles. The Morgan fingerprint density at radius 3 is 3.00 bits per heavy atom. The van der Waals surface area contributed by atoms with Crippen molar-refractivity contribution in [2.24, 2.45) is 5.92 Å². The molecule has 0 bridgehead atoms. The minimum atomic E-state index is -1.07. The van der Waals surface area contributed by atoms with E-state index in [4.69, 9.17) is 0 Å². The molecular weight excluding hydrogens is 121 g/mol. The van der Waals surface area contributed by atoms with Crippen LogP contribution in [0.4, 0.5) is 4.39 Å². The van der Waals surface area contributed by atoms with E-state index in [0.717, 1.165) is 19.5 Å². The molecule has 1 unspecified atom stereocenters. The summed E-state index contributed by atoms with van der Waals surface area (Å²) in [6.07, 6.45) is -0.172. The fourth-order valence-corrected chi connectivity index (χ4v) is 1.09. The van der Waals surface area contributed by atoms with Gasteiger partial charge in [-0.25, -0.2) is 4.39 Å². The van der Waals surface area contributed by atoms with Crippen LogP contribution in [0.2, 0.25) is 0 Å². The molecule has 3 heteroatoms. The summed E-state index contributed by atoms with van der Waals surface area (Å²) in [5.41, 5.74) is 0. The molecule has 0 aromatic carbocycles. The highest BCUT2D eigenvalue weighted by molar-refractivity contribution is 4.72. The summed E-state index contributed by atoms with van der Waals surface area (Å²) in [5.74, 6) is 0.0787. The first-order chi connectivity index (χ1) is 4.34. The zero-order valence-electron chi connectivity index (χ0n) is 5.56. The van der Waals surface area contributed by atoms with Crippen molar-refractivity contribution in [1.29, 1.82) is 0 Å². The van der Waals surface area contributed by atoms with Gasteiger partial charge in [-0.15, -0.1) is 0 Å². The Morgan fingerprint density at radius 1 is 1.78 bits per heavy atom. The monoisotopic (exact) mass is 133 g/mol. The SMILES string of the molecule is COC(F)[C@H]1CCNC1. The molecule has 1 rings (SSSR count). The molecule has 54 valence electrons. The standard InChI is InChI=1S/C6H12FNO/c1-9-6(7)5-2-3-8-4-5/h5-6,8H,2-4H2,1H3/t5-,6?/m0/s1. The van der Waals surface area contributed by atoms with Crippen LogP contribution in [0.3, 0.4) is 0 Å². The highest BCUT2D eigenvalue weighted by atomic mass is 19.1. The summed E-state index contributed by atoms with van der Waals surface area (Å²) < 4.78 is 17.1. The number of halogens is 1. The van der Waals surface area contributed by atoms with Gasteiger partial charge in [0.15, 0.2) is 0 Å². The predicted octanol–water partition coefficient (Wildman–Crippen LogP) is 0.538. The first-order valence-corrected chi connectivity index (χ1v) is 3.22. The Bertz CT molecular complexity index is 83.1. The van der Waals surface area contributed by atoms with Crippen LogP contribution in [-0.4, -0.2) is 26.6 Å². The van der Waals surface area contributed by atoms with Gasteiger partial charge in [-0.3, -0.25) is 0 Å². The summed E-state index contributed by atoms with van der Waals surface area (Å²) >= 11 is 0. The zero-order chi connectivity index (χ0) is 6.69. The van der Waals surface area contributed by atoms with Crippen LogP contribution in [0.15, 0.2) is 0 Å². The molecule has 9 heavy (non-hydrogen) atoms. The normalized spacial score (nSPS) is 30.7. The summed E-state index contributed by atoms with van der Waals surface area (Å²) in [6, 6.07) is 0. The van der Waals surface area contributed by atoms with Crippen molar-refractivity contribution in [1.82, 2.24) is 5.32 Å². The number of rotatable bonds is 2. The Balaban J connectivity index is 2.24. The highest BCUT2D eigenvalue weighted by Gasteiger charge is 2.23. The van der Waals surface area contributed by atoms with Gasteiger partial charge in [-0.05, 0) is 13.0 Å². The lowest BCUT2D eigenvalue weighted by Gasteiger charge is -2.11. The molecule has 0 aromatic heterocycles. The maximum atomic E-state index is 12.6. The Hall–Kier alpha value is -0.150. The third-order valence-electron chi connectivity index (χ3n) is 1.69.